The Morgan fingerprint density at radius 3 is 2.58 bits per heavy atom. The lowest BCUT2D eigenvalue weighted by Crippen LogP contribution is -2.56. The third-order valence-corrected chi connectivity index (χ3v) is 5.23. The molecule has 0 aromatic carbocycles. The third kappa shape index (κ3) is 4.46. The normalized spacial score (nSPS) is 26.3. The van der Waals surface area contributed by atoms with Crippen molar-refractivity contribution in [2.24, 2.45) is 5.92 Å². The van der Waals surface area contributed by atoms with E-state index in [0.717, 1.165) is 32.5 Å². The molecular formula is C17H28N2O5. The van der Waals surface area contributed by atoms with E-state index in [1.165, 1.54) is 0 Å². The van der Waals surface area contributed by atoms with E-state index in [1.807, 2.05) is 4.90 Å². The molecule has 3 aliphatic rings. The Bertz CT molecular complexity index is 446. The highest BCUT2D eigenvalue weighted by molar-refractivity contribution is 5.78. The first-order valence-corrected chi connectivity index (χ1v) is 8.95. The van der Waals surface area contributed by atoms with E-state index >= 15 is 0 Å². The largest absolute Gasteiger partial charge is 0.381 e. The molecule has 24 heavy (non-hydrogen) atoms. The van der Waals surface area contributed by atoms with E-state index in [4.69, 9.17) is 14.2 Å². The van der Waals surface area contributed by atoms with Gasteiger partial charge in [0.2, 0.25) is 11.8 Å². The summed E-state index contributed by atoms with van der Waals surface area (Å²) in [5.41, 5.74) is 0. The van der Waals surface area contributed by atoms with Crippen molar-refractivity contribution in [2.45, 2.75) is 38.3 Å². The van der Waals surface area contributed by atoms with E-state index in [-0.39, 0.29) is 30.6 Å². The first-order chi connectivity index (χ1) is 11.6. The van der Waals surface area contributed by atoms with Crippen molar-refractivity contribution < 1.29 is 23.8 Å². The molecule has 7 heteroatoms. The lowest BCUT2D eigenvalue weighted by atomic mass is 9.91. The van der Waals surface area contributed by atoms with E-state index < -0.39 is 0 Å². The number of nitrogens with zero attached hydrogens (tertiary/aromatic N) is 2. The summed E-state index contributed by atoms with van der Waals surface area (Å²) in [6.07, 6.45) is 3.11. The molecule has 7 nitrogen and oxygen atoms in total. The molecule has 136 valence electrons. The fourth-order valence-corrected chi connectivity index (χ4v) is 3.62. The second kappa shape index (κ2) is 8.27. The van der Waals surface area contributed by atoms with Crippen LogP contribution >= 0.6 is 0 Å². The molecule has 2 amide bonds. The minimum Gasteiger partial charge on any atom is -0.381 e. The summed E-state index contributed by atoms with van der Waals surface area (Å²) in [6.45, 7) is 6.33. The Kier molecular flexibility index (Phi) is 6.08. The van der Waals surface area contributed by atoms with E-state index in [9.17, 15) is 9.59 Å². The summed E-state index contributed by atoms with van der Waals surface area (Å²) >= 11 is 0. The Hall–Kier alpha value is -1.18. The molecule has 3 rings (SSSR count). The van der Waals surface area contributed by atoms with Gasteiger partial charge in [0.25, 0.3) is 0 Å². The lowest BCUT2D eigenvalue weighted by Gasteiger charge is -2.40. The molecule has 0 radical (unpaired) electrons. The van der Waals surface area contributed by atoms with Gasteiger partial charge in [-0.25, -0.2) is 0 Å². The Morgan fingerprint density at radius 2 is 1.88 bits per heavy atom. The molecule has 1 unspecified atom stereocenters. The number of carbonyl (C=O) groups is 2. The molecule has 3 aliphatic heterocycles. The fourth-order valence-electron chi connectivity index (χ4n) is 3.62. The molecule has 3 heterocycles. The number of morpholine rings is 1. The smallest absolute Gasteiger partial charge is 0.248 e. The van der Waals surface area contributed by atoms with Crippen LogP contribution in [0.1, 0.15) is 26.2 Å². The second-order valence-corrected chi connectivity index (χ2v) is 6.96. The van der Waals surface area contributed by atoms with Gasteiger partial charge in [0.15, 0.2) is 0 Å². The van der Waals surface area contributed by atoms with Gasteiger partial charge in [-0.05, 0) is 25.2 Å². The Morgan fingerprint density at radius 1 is 1.12 bits per heavy atom. The summed E-state index contributed by atoms with van der Waals surface area (Å²) < 4.78 is 16.7. The van der Waals surface area contributed by atoms with Gasteiger partial charge >= 0.3 is 0 Å². The number of carbonyl (C=O) groups excluding carboxylic acids is 2. The molecule has 0 spiro atoms. The zero-order valence-corrected chi connectivity index (χ0v) is 14.4. The van der Waals surface area contributed by atoms with Gasteiger partial charge in [-0.1, -0.05) is 0 Å². The maximum atomic E-state index is 12.6. The standard InChI is InChI=1S/C17H28N2O5/c1-13(20)18-9-16(10-18)24-12-17(21)19-4-7-23-11-15(19)8-14-2-5-22-6-3-14/h14-16H,2-12H2,1H3. The molecule has 0 bridgehead atoms. The van der Waals surface area contributed by atoms with E-state index in [2.05, 4.69) is 0 Å². The Balaban J connectivity index is 1.44. The summed E-state index contributed by atoms with van der Waals surface area (Å²) in [7, 11) is 0. The van der Waals surface area contributed by atoms with Crippen molar-refractivity contribution in [3.63, 3.8) is 0 Å². The average molecular weight is 340 g/mol. The number of ether oxygens (including phenoxy) is 3. The average Bonchev–Trinajstić information content (AvgIpc) is 2.54. The highest BCUT2D eigenvalue weighted by atomic mass is 16.5. The molecular weight excluding hydrogens is 312 g/mol. The van der Waals surface area contributed by atoms with Gasteiger partial charge in [-0.15, -0.1) is 0 Å². The Labute approximate surface area is 143 Å². The molecule has 1 atom stereocenters. The first kappa shape index (κ1) is 17.6. The molecule has 3 fully saturated rings. The molecule has 0 aromatic heterocycles. The predicted octanol–water partition coefficient (Wildman–Crippen LogP) is 0.278. The number of hydrogen-bond acceptors (Lipinski definition) is 5. The summed E-state index contributed by atoms with van der Waals surface area (Å²) in [6, 6.07) is 0.146. The maximum Gasteiger partial charge on any atom is 0.248 e. The zero-order chi connectivity index (χ0) is 16.9. The van der Waals surface area contributed by atoms with E-state index in [0.29, 0.717) is 38.8 Å². The highest BCUT2D eigenvalue weighted by Crippen LogP contribution is 2.24. The van der Waals surface area contributed by atoms with Crippen molar-refractivity contribution in [1.29, 1.82) is 0 Å². The van der Waals surface area contributed by atoms with Gasteiger partial charge in [0.05, 0.1) is 25.4 Å². The number of amides is 2. The number of rotatable bonds is 5. The molecule has 0 saturated carbocycles. The predicted molar refractivity (Wildman–Crippen MR) is 86.5 cm³/mol. The number of hydrogen-bond donors (Lipinski definition) is 0. The van der Waals surface area contributed by atoms with Crippen molar-refractivity contribution in [3.05, 3.63) is 0 Å². The van der Waals surface area contributed by atoms with Crippen LogP contribution in [-0.4, -0.2) is 86.4 Å². The van der Waals surface area contributed by atoms with Crippen molar-refractivity contribution >= 4 is 11.8 Å². The van der Waals surface area contributed by atoms with Gasteiger partial charge in [-0.2, -0.15) is 0 Å². The van der Waals surface area contributed by atoms with Crippen LogP contribution in [0.25, 0.3) is 0 Å². The van der Waals surface area contributed by atoms with E-state index in [1.54, 1.807) is 11.8 Å². The monoisotopic (exact) mass is 340 g/mol. The summed E-state index contributed by atoms with van der Waals surface area (Å²) in [5.74, 6) is 0.708. The van der Waals surface area contributed by atoms with Gasteiger partial charge in [-0.3, -0.25) is 9.59 Å². The molecule has 0 N–H and O–H groups in total. The van der Waals surface area contributed by atoms with Crippen molar-refractivity contribution in [1.82, 2.24) is 9.80 Å². The van der Waals surface area contributed by atoms with Gasteiger partial charge in [0, 0.05) is 39.8 Å². The zero-order valence-electron chi connectivity index (χ0n) is 14.4. The summed E-state index contributed by atoms with van der Waals surface area (Å²) in [4.78, 5) is 27.4. The lowest BCUT2D eigenvalue weighted by molar-refractivity contribution is -0.155. The van der Waals surface area contributed by atoms with Gasteiger partial charge in [0.1, 0.15) is 6.61 Å². The third-order valence-electron chi connectivity index (χ3n) is 5.23. The SMILES string of the molecule is CC(=O)N1CC(OCC(=O)N2CCOCC2CC2CCOCC2)C1. The van der Waals surface area contributed by atoms with Crippen molar-refractivity contribution in [2.75, 3.05) is 52.7 Å². The van der Waals surface area contributed by atoms with Crippen molar-refractivity contribution in [3.8, 4) is 0 Å². The summed E-state index contributed by atoms with van der Waals surface area (Å²) in [5, 5.41) is 0. The minimum atomic E-state index is -0.00664. The number of likely N-dealkylation sites (tertiary alicyclic amines) is 1. The van der Waals surface area contributed by atoms with Crippen LogP contribution in [-0.2, 0) is 23.8 Å². The maximum absolute atomic E-state index is 12.6. The molecule has 0 aliphatic carbocycles. The highest BCUT2D eigenvalue weighted by Gasteiger charge is 2.33. The topological polar surface area (TPSA) is 68.3 Å². The van der Waals surface area contributed by atoms with Crippen LogP contribution in [0.15, 0.2) is 0 Å². The van der Waals surface area contributed by atoms with Crippen LogP contribution in [0.2, 0.25) is 0 Å². The van der Waals surface area contributed by atoms with Crippen LogP contribution in [0.4, 0.5) is 0 Å². The second-order valence-electron chi connectivity index (χ2n) is 6.96. The minimum absolute atomic E-state index is 0.00664. The van der Waals surface area contributed by atoms with Crippen LogP contribution in [0.5, 0.6) is 0 Å². The van der Waals surface area contributed by atoms with Crippen LogP contribution in [0, 0.1) is 5.92 Å². The quantitative estimate of drug-likeness (QED) is 0.719. The molecule has 3 saturated heterocycles. The first-order valence-electron chi connectivity index (χ1n) is 8.95. The van der Waals surface area contributed by atoms with Crippen LogP contribution in [0.3, 0.4) is 0 Å². The molecule has 0 aromatic rings. The fraction of sp³-hybridized carbons (Fsp3) is 0.882. The van der Waals surface area contributed by atoms with Gasteiger partial charge < -0.3 is 24.0 Å². The van der Waals surface area contributed by atoms with Crippen LogP contribution < -0.4 is 0 Å².